The number of halogens is 2. The molecule has 1 aromatic rings. The van der Waals surface area contributed by atoms with Crippen molar-refractivity contribution in [1.29, 1.82) is 0 Å². The van der Waals surface area contributed by atoms with Gasteiger partial charge in [-0.2, -0.15) is 0 Å². The summed E-state index contributed by atoms with van der Waals surface area (Å²) < 4.78 is 1.03. The van der Waals surface area contributed by atoms with Crippen LogP contribution in [-0.4, -0.2) is 18.0 Å². The van der Waals surface area contributed by atoms with Gasteiger partial charge in [-0.05, 0) is 30.8 Å². The molecule has 0 amide bonds. The third-order valence-electron chi connectivity index (χ3n) is 2.30. The first-order valence-corrected chi connectivity index (χ1v) is 6.00. The average Bonchev–Trinajstić information content (AvgIpc) is 2.17. The lowest BCUT2D eigenvalue weighted by Crippen LogP contribution is -2.22. The van der Waals surface area contributed by atoms with Crippen LogP contribution in [0.3, 0.4) is 0 Å². The first-order chi connectivity index (χ1) is 6.67. The van der Waals surface area contributed by atoms with Gasteiger partial charge in [0.15, 0.2) is 0 Å². The Morgan fingerprint density at radius 1 is 1.29 bits per heavy atom. The lowest BCUT2D eigenvalue weighted by molar-refractivity contribution is 0.296. The molecular formula is C11H15BrClN. The lowest BCUT2D eigenvalue weighted by atomic mass is 10.2. The highest BCUT2D eigenvalue weighted by Gasteiger charge is 2.05. The first-order valence-electron chi connectivity index (χ1n) is 4.83. The molecule has 0 aliphatic rings. The Hall–Kier alpha value is -0.0500. The minimum Gasteiger partial charge on any atom is -0.300 e. The van der Waals surface area contributed by atoms with E-state index in [0.29, 0.717) is 0 Å². The van der Waals surface area contributed by atoms with Gasteiger partial charge in [-0.3, -0.25) is 4.90 Å². The number of hydrogen-bond donors (Lipinski definition) is 0. The molecule has 0 unspecified atom stereocenters. The average molecular weight is 277 g/mol. The molecule has 0 aliphatic carbocycles. The van der Waals surface area contributed by atoms with Crippen molar-refractivity contribution >= 4 is 27.5 Å². The van der Waals surface area contributed by atoms with Gasteiger partial charge in [0.05, 0.1) is 0 Å². The van der Waals surface area contributed by atoms with Crippen molar-refractivity contribution in [2.24, 2.45) is 0 Å². The van der Waals surface area contributed by atoms with Crippen molar-refractivity contribution in [2.75, 3.05) is 13.1 Å². The number of hydrogen-bond acceptors (Lipinski definition) is 1. The summed E-state index contributed by atoms with van der Waals surface area (Å²) >= 11 is 9.53. The highest BCUT2D eigenvalue weighted by atomic mass is 79.9. The van der Waals surface area contributed by atoms with E-state index < -0.39 is 0 Å². The third kappa shape index (κ3) is 3.26. The fraction of sp³-hybridized carbons (Fsp3) is 0.455. The van der Waals surface area contributed by atoms with E-state index in [4.69, 9.17) is 11.6 Å². The van der Waals surface area contributed by atoms with Crippen LogP contribution in [0.2, 0.25) is 5.02 Å². The summed E-state index contributed by atoms with van der Waals surface area (Å²) in [7, 11) is 0. The second-order valence-corrected chi connectivity index (χ2v) is 4.52. The van der Waals surface area contributed by atoms with Crippen LogP contribution in [0.1, 0.15) is 19.4 Å². The molecule has 0 saturated carbocycles. The van der Waals surface area contributed by atoms with Gasteiger partial charge in [-0.1, -0.05) is 47.4 Å². The van der Waals surface area contributed by atoms with Gasteiger partial charge in [0.1, 0.15) is 0 Å². The summed E-state index contributed by atoms with van der Waals surface area (Å²) in [6.07, 6.45) is 0. The molecule has 78 valence electrons. The summed E-state index contributed by atoms with van der Waals surface area (Å²) in [5.41, 5.74) is 1.19. The van der Waals surface area contributed by atoms with Crippen molar-refractivity contribution in [2.45, 2.75) is 20.4 Å². The largest absolute Gasteiger partial charge is 0.300 e. The Bertz CT molecular complexity index is 297. The van der Waals surface area contributed by atoms with Gasteiger partial charge < -0.3 is 0 Å². The van der Waals surface area contributed by atoms with Crippen LogP contribution in [0.15, 0.2) is 22.7 Å². The Morgan fingerprint density at radius 2 is 1.93 bits per heavy atom. The lowest BCUT2D eigenvalue weighted by Gasteiger charge is -2.18. The molecule has 0 aromatic heterocycles. The third-order valence-corrected chi connectivity index (χ3v) is 3.15. The molecule has 1 rings (SSSR count). The van der Waals surface area contributed by atoms with Crippen LogP contribution >= 0.6 is 27.5 Å². The molecule has 0 radical (unpaired) electrons. The second kappa shape index (κ2) is 5.74. The molecular weight excluding hydrogens is 261 g/mol. The number of rotatable bonds is 4. The van der Waals surface area contributed by atoms with Crippen molar-refractivity contribution in [1.82, 2.24) is 4.90 Å². The molecule has 3 heteroatoms. The normalized spacial score (nSPS) is 10.9. The van der Waals surface area contributed by atoms with Crippen LogP contribution in [0, 0.1) is 0 Å². The van der Waals surface area contributed by atoms with Gasteiger partial charge in [-0.15, -0.1) is 0 Å². The molecule has 0 N–H and O–H groups in total. The minimum atomic E-state index is 0.839. The minimum absolute atomic E-state index is 0.839. The number of nitrogens with zero attached hydrogens (tertiary/aromatic N) is 1. The molecule has 1 aromatic carbocycles. The predicted molar refractivity (Wildman–Crippen MR) is 65.8 cm³/mol. The van der Waals surface area contributed by atoms with E-state index in [1.807, 2.05) is 12.1 Å². The predicted octanol–water partition coefficient (Wildman–Crippen LogP) is 3.94. The van der Waals surface area contributed by atoms with E-state index in [1.165, 1.54) is 5.56 Å². The first kappa shape index (κ1) is 12.0. The second-order valence-electron chi connectivity index (χ2n) is 3.20. The monoisotopic (exact) mass is 275 g/mol. The topological polar surface area (TPSA) is 3.24 Å². The molecule has 0 heterocycles. The zero-order chi connectivity index (χ0) is 10.6. The van der Waals surface area contributed by atoms with Crippen molar-refractivity contribution in [3.05, 3.63) is 33.3 Å². The van der Waals surface area contributed by atoms with Crippen LogP contribution < -0.4 is 0 Å². The fourth-order valence-electron chi connectivity index (χ4n) is 1.34. The van der Waals surface area contributed by atoms with Crippen LogP contribution in [0.4, 0.5) is 0 Å². The van der Waals surface area contributed by atoms with E-state index in [2.05, 4.69) is 40.7 Å². The van der Waals surface area contributed by atoms with E-state index in [0.717, 1.165) is 29.1 Å². The molecule has 1 nitrogen and oxygen atoms in total. The van der Waals surface area contributed by atoms with Crippen LogP contribution in [0.25, 0.3) is 0 Å². The highest BCUT2D eigenvalue weighted by Crippen LogP contribution is 2.22. The van der Waals surface area contributed by atoms with E-state index in [1.54, 1.807) is 0 Å². The molecule has 0 aliphatic heterocycles. The maximum atomic E-state index is 6.13. The maximum Gasteiger partial charge on any atom is 0.0462 e. The summed E-state index contributed by atoms with van der Waals surface area (Å²) in [5.74, 6) is 0. The van der Waals surface area contributed by atoms with Gasteiger partial charge in [-0.25, -0.2) is 0 Å². The van der Waals surface area contributed by atoms with Gasteiger partial charge >= 0.3 is 0 Å². The molecule has 0 atom stereocenters. The van der Waals surface area contributed by atoms with Gasteiger partial charge in [0, 0.05) is 16.0 Å². The summed E-state index contributed by atoms with van der Waals surface area (Å²) in [6, 6.07) is 6.05. The van der Waals surface area contributed by atoms with Crippen molar-refractivity contribution in [3.63, 3.8) is 0 Å². The van der Waals surface area contributed by atoms with Gasteiger partial charge in [0.25, 0.3) is 0 Å². The molecule has 14 heavy (non-hydrogen) atoms. The highest BCUT2D eigenvalue weighted by molar-refractivity contribution is 9.10. The van der Waals surface area contributed by atoms with E-state index in [9.17, 15) is 0 Å². The van der Waals surface area contributed by atoms with Gasteiger partial charge in [0.2, 0.25) is 0 Å². The van der Waals surface area contributed by atoms with Crippen molar-refractivity contribution < 1.29 is 0 Å². The summed E-state index contributed by atoms with van der Waals surface area (Å²) in [6.45, 7) is 7.37. The van der Waals surface area contributed by atoms with Crippen LogP contribution in [0.5, 0.6) is 0 Å². The zero-order valence-corrected chi connectivity index (χ0v) is 10.9. The smallest absolute Gasteiger partial charge is 0.0462 e. The molecule has 0 saturated heterocycles. The quantitative estimate of drug-likeness (QED) is 0.805. The van der Waals surface area contributed by atoms with E-state index in [-0.39, 0.29) is 0 Å². The number of benzene rings is 1. The Balaban J connectivity index is 2.76. The maximum absolute atomic E-state index is 6.13. The standard InChI is InChI=1S/C11H15BrClN/c1-3-14(4-2)8-9-5-6-10(12)7-11(9)13/h5-7H,3-4,8H2,1-2H3. The molecule has 0 fully saturated rings. The fourth-order valence-corrected chi connectivity index (χ4v) is 2.07. The Morgan fingerprint density at radius 3 is 2.43 bits per heavy atom. The molecule has 0 spiro atoms. The summed E-state index contributed by atoms with van der Waals surface area (Å²) in [5, 5.41) is 0.839. The van der Waals surface area contributed by atoms with E-state index >= 15 is 0 Å². The van der Waals surface area contributed by atoms with Crippen molar-refractivity contribution in [3.8, 4) is 0 Å². The SMILES string of the molecule is CCN(CC)Cc1ccc(Br)cc1Cl. The molecule has 0 bridgehead atoms. The zero-order valence-electron chi connectivity index (χ0n) is 8.56. The summed E-state index contributed by atoms with van der Waals surface area (Å²) in [4.78, 5) is 2.34. The van der Waals surface area contributed by atoms with Crippen LogP contribution in [-0.2, 0) is 6.54 Å². The Kier molecular flexibility index (Phi) is 4.93. The Labute approximate surface area is 99.2 Å².